The highest BCUT2D eigenvalue weighted by Crippen LogP contribution is 2.36. The van der Waals surface area contributed by atoms with Crippen molar-refractivity contribution in [1.82, 2.24) is 4.72 Å². The Hall–Kier alpha value is -1.80. The fraction of sp³-hybridized carbons (Fsp3) is 0.316. The number of carbonyl (C=O) groups is 1. The molecular weight excluding hydrogens is 425 g/mol. The minimum atomic E-state index is -3.74. The van der Waals surface area contributed by atoms with Crippen molar-refractivity contribution in [3.63, 3.8) is 0 Å². The molecule has 28 heavy (non-hydrogen) atoms. The number of halogens is 2. The first kappa shape index (κ1) is 20.9. The molecule has 0 bridgehead atoms. The molecule has 150 valence electrons. The van der Waals surface area contributed by atoms with Gasteiger partial charge in [-0.2, -0.15) is 0 Å². The normalized spacial score (nSPS) is 16.4. The summed E-state index contributed by atoms with van der Waals surface area (Å²) in [6.45, 7) is -0.191. The average Bonchev–Trinajstić information content (AvgIpc) is 2.66. The Morgan fingerprint density at radius 1 is 1.21 bits per heavy atom. The number of hydrogen-bond donors (Lipinski definition) is 2. The van der Waals surface area contributed by atoms with Crippen molar-refractivity contribution in [3.05, 3.63) is 57.6 Å². The van der Waals surface area contributed by atoms with Crippen molar-refractivity contribution in [2.75, 3.05) is 13.2 Å². The van der Waals surface area contributed by atoms with Crippen LogP contribution in [0.3, 0.4) is 0 Å². The summed E-state index contributed by atoms with van der Waals surface area (Å²) in [4.78, 5) is 10.8. The van der Waals surface area contributed by atoms with Gasteiger partial charge in [0.2, 0.25) is 10.0 Å². The second kappa shape index (κ2) is 8.69. The van der Waals surface area contributed by atoms with E-state index in [1.807, 2.05) is 6.07 Å². The number of aliphatic carboxylic acids is 1. The molecule has 0 fully saturated rings. The smallest absolute Gasteiger partial charge is 0.341 e. The lowest BCUT2D eigenvalue weighted by molar-refractivity contribution is -0.139. The van der Waals surface area contributed by atoms with Gasteiger partial charge in [0, 0.05) is 6.54 Å². The van der Waals surface area contributed by atoms with Gasteiger partial charge in [-0.1, -0.05) is 35.3 Å². The van der Waals surface area contributed by atoms with Gasteiger partial charge < -0.3 is 9.84 Å². The maximum atomic E-state index is 12.6. The zero-order valence-corrected chi connectivity index (χ0v) is 17.1. The predicted molar refractivity (Wildman–Crippen MR) is 107 cm³/mol. The van der Waals surface area contributed by atoms with Crippen LogP contribution >= 0.6 is 23.2 Å². The van der Waals surface area contributed by atoms with Gasteiger partial charge in [0.05, 0.1) is 14.9 Å². The highest BCUT2D eigenvalue weighted by Gasteiger charge is 2.25. The summed E-state index contributed by atoms with van der Waals surface area (Å²) in [6, 6.07) is 9.63. The number of sulfonamides is 1. The number of fused-ring (bicyclic) bond motifs is 1. The fourth-order valence-electron chi connectivity index (χ4n) is 3.34. The molecule has 2 N–H and O–H groups in total. The number of hydrogen-bond acceptors (Lipinski definition) is 4. The second-order valence-electron chi connectivity index (χ2n) is 6.52. The Morgan fingerprint density at radius 3 is 2.71 bits per heavy atom. The van der Waals surface area contributed by atoms with Crippen molar-refractivity contribution in [1.29, 1.82) is 0 Å². The first-order valence-electron chi connectivity index (χ1n) is 8.69. The standard InChI is InChI=1S/C19H19Cl2NO5S/c20-16-8-7-13(9-17(16)21)28(25,26)22-10-12-3-1-5-15-14(12)4-2-6-18(15)27-11-19(23)24/h2,4,6-9,12,22H,1,3,5,10-11H2,(H,23,24). The molecule has 0 spiro atoms. The minimum absolute atomic E-state index is 0.0327. The Labute approximate surface area is 173 Å². The third-order valence-corrected chi connectivity index (χ3v) is 6.82. The molecule has 0 radical (unpaired) electrons. The summed E-state index contributed by atoms with van der Waals surface area (Å²) in [6.07, 6.45) is 2.44. The van der Waals surface area contributed by atoms with Gasteiger partial charge in [0.15, 0.2) is 6.61 Å². The van der Waals surface area contributed by atoms with Crippen molar-refractivity contribution >= 4 is 39.2 Å². The van der Waals surface area contributed by atoms with Crippen molar-refractivity contribution in [2.24, 2.45) is 0 Å². The lowest BCUT2D eigenvalue weighted by atomic mass is 9.82. The number of carboxylic acids is 1. The Kier molecular flexibility index (Phi) is 6.50. The van der Waals surface area contributed by atoms with Crippen LogP contribution in [-0.4, -0.2) is 32.6 Å². The molecule has 0 amide bonds. The number of rotatable bonds is 7. The van der Waals surface area contributed by atoms with Crippen LogP contribution in [0.25, 0.3) is 0 Å². The second-order valence-corrected chi connectivity index (χ2v) is 9.10. The van der Waals surface area contributed by atoms with E-state index in [-0.39, 0.29) is 27.4 Å². The van der Waals surface area contributed by atoms with Gasteiger partial charge in [0.1, 0.15) is 5.75 Å². The molecule has 2 aromatic carbocycles. The molecular formula is C19H19Cl2NO5S. The molecule has 1 unspecified atom stereocenters. The van der Waals surface area contributed by atoms with Crippen LogP contribution in [0, 0.1) is 0 Å². The van der Waals surface area contributed by atoms with E-state index < -0.39 is 22.6 Å². The fourth-order valence-corrected chi connectivity index (χ4v) is 4.81. The quantitative estimate of drug-likeness (QED) is 0.677. The Morgan fingerprint density at radius 2 is 2.00 bits per heavy atom. The number of benzene rings is 2. The van der Waals surface area contributed by atoms with Gasteiger partial charge in [-0.25, -0.2) is 17.9 Å². The van der Waals surface area contributed by atoms with Crippen molar-refractivity contribution < 1.29 is 23.1 Å². The van der Waals surface area contributed by atoms with E-state index in [9.17, 15) is 13.2 Å². The molecule has 0 aliphatic heterocycles. The van der Waals surface area contributed by atoms with Crippen molar-refractivity contribution in [3.8, 4) is 5.75 Å². The highest BCUT2D eigenvalue weighted by molar-refractivity contribution is 7.89. The van der Waals surface area contributed by atoms with Crippen LogP contribution in [0.15, 0.2) is 41.3 Å². The number of nitrogens with one attached hydrogen (secondary N) is 1. The van der Waals surface area contributed by atoms with Crippen LogP contribution in [-0.2, 0) is 21.2 Å². The summed E-state index contributed by atoms with van der Waals surface area (Å²) < 4.78 is 33.2. The van der Waals surface area contributed by atoms with E-state index in [1.54, 1.807) is 12.1 Å². The Balaban J connectivity index is 1.77. The van der Waals surface area contributed by atoms with Crippen LogP contribution < -0.4 is 9.46 Å². The zero-order chi connectivity index (χ0) is 20.3. The van der Waals surface area contributed by atoms with Gasteiger partial charge in [-0.05, 0) is 60.6 Å². The third-order valence-electron chi connectivity index (χ3n) is 4.66. The average molecular weight is 444 g/mol. The summed E-state index contributed by atoms with van der Waals surface area (Å²) in [7, 11) is -3.74. The van der Waals surface area contributed by atoms with E-state index in [4.69, 9.17) is 33.0 Å². The van der Waals surface area contributed by atoms with Crippen LogP contribution in [0.5, 0.6) is 5.75 Å². The van der Waals surface area contributed by atoms with Crippen molar-refractivity contribution in [2.45, 2.75) is 30.1 Å². The lowest BCUT2D eigenvalue weighted by Crippen LogP contribution is -2.30. The maximum absolute atomic E-state index is 12.6. The molecule has 6 nitrogen and oxygen atoms in total. The summed E-state index contributed by atoms with van der Waals surface area (Å²) in [5.41, 5.74) is 1.92. The molecule has 0 saturated heterocycles. The molecule has 1 atom stereocenters. The van der Waals surface area contributed by atoms with Gasteiger partial charge in [0.25, 0.3) is 0 Å². The predicted octanol–water partition coefficient (Wildman–Crippen LogP) is 3.86. The van der Waals surface area contributed by atoms with Gasteiger partial charge in [-0.15, -0.1) is 0 Å². The van der Waals surface area contributed by atoms with E-state index in [1.165, 1.54) is 18.2 Å². The molecule has 0 saturated carbocycles. The molecule has 0 aromatic heterocycles. The summed E-state index contributed by atoms with van der Waals surface area (Å²) >= 11 is 11.8. The van der Waals surface area contributed by atoms with Gasteiger partial charge in [-0.3, -0.25) is 0 Å². The molecule has 9 heteroatoms. The van der Waals surface area contributed by atoms with Gasteiger partial charge >= 0.3 is 5.97 Å². The Bertz CT molecular complexity index is 994. The molecule has 0 heterocycles. The summed E-state index contributed by atoms with van der Waals surface area (Å²) in [5.74, 6) is -0.536. The molecule has 3 rings (SSSR count). The zero-order valence-electron chi connectivity index (χ0n) is 14.8. The topological polar surface area (TPSA) is 92.7 Å². The molecule has 2 aromatic rings. The monoisotopic (exact) mass is 443 g/mol. The maximum Gasteiger partial charge on any atom is 0.341 e. The van der Waals surface area contributed by atoms with Crippen LogP contribution in [0.2, 0.25) is 10.0 Å². The van der Waals surface area contributed by atoms with Crippen LogP contribution in [0.1, 0.15) is 29.9 Å². The SMILES string of the molecule is O=C(O)COc1cccc2c1CCCC2CNS(=O)(=O)c1ccc(Cl)c(Cl)c1. The third kappa shape index (κ3) is 4.78. The van der Waals surface area contributed by atoms with Crippen LogP contribution in [0.4, 0.5) is 0 Å². The number of carboxylic acid groups (broad SMARTS) is 1. The van der Waals surface area contributed by atoms with E-state index in [0.717, 1.165) is 30.4 Å². The first-order chi connectivity index (χ1) is 13.3. The van der Waals surface area contributed by atoms with E-state index >= 15 is 0 Å². The first-order valence-corrected chi connectivity index (χ1v) is 10.9. The lowest BCUT2D eigenvalue weighted by Gasteiger charge is -2.27. The number of ether oxygens (including phenoxy) is 1. The molecule has 1 aliphatic carbocycles. The highest BCUT2D eigenvalue weighted by atomic mass is 35.5. The minimum Gasteiger partial charge on any atom is -0.482 e. The van der Waals surface area contributed by atoms with E-state index in [0.29, 0.717) is 5.75 Å². The molecule has 1 aliphatic rings. The summed E-state index contributed by atoms with van der Waals surface area (Å²) in [5, 5.41) is 9.29. The van der Waals surface area contributed by atoms with E-state index in [2.05, 4.69) is 4.72 Å². The largest absolute Gasteiger partial charge is 0.482 e.